The molecule has 0 bridgehead atoms. The number of aromatic nitrogens is 4. The monoisotopic (exact) mass is 269 g/mol. The standard InChI is InChI=1S/C13H11N5O2/c1-2-4-11(5-3-1)8-19-17-13(12-15-10-20-16-12)18-7-6-14-9-18/h1-7,9-10H,8H2/b17-13+. The first kappa shape index (κ1) is 12.1. The Labute approximate surface area is 114 Å². The topological polar surface area (TPSA) is 78.3 Å². The van der Waals surface area contributed by atoms with Crippen LogP contribution >= 0.6 is 0 Å². The summed E-state index contributed by atoms with van der Waals surface area (Å²) in [4.78, 5) is 13.3. The quantitative estimate of drug-likeness (QED) is 0.409. The highest BCUT2D eigenvalue weighted by Crippen LogP contribution is 2.03. The van der Waals surface area contributed by atoms with Gasteiger partial charge in [0.05, 0.1) is 0 Å². The molecule has 0 aliphatic carbocycles. The molecule has 7 nitrogen and oxygen atoms in total. The van der Waals surface area contributed by atoms with Crippen LogP contribution in [0.4, 0.5) is 0 Å². The van der Waals surface area contributed by atoms with Gasteiger partial charge in [-0.05, 0) is 5.56 Å². The first-order valence-electron chi connectivity index (χ1n) is 5.92. The van der Waals surface area contributed by atoms with Crippen molar-refractivity contribution in [1.29, 1.82) is 0 Å². The largest absolute Gasteiger partial charge is 0.389 e. The van der Waals surface area contributed by atoms with Gasteiger partial charge in [-0.2, -0.15) is 4.98 Å². The molecule has 3 rings (SSSR count). The van der Waals surface area contributed by atoms with E-state index in [1.807, 2.05) is 30.3 Å². The van der Waals surface area contributed by atoms with Gasteiger partial charge in [-0.3, -0.25) is 4.57 Å². The zero-order chi connectivity index (χ0) is 13.6. The first-order chi connectivity index (χ1) is 9.93. The van der Waals surface area contributed by atoms with Crippen molar-refractivity contribution >= 4 is 5.84 Å². The van der Waals surface area contributed by atoms with Crippen molar-refractivity contribution in [3.8, 4) is 0 Å². The number of hydrogen-bond donors (Lipinski definition) is 0. The lowest BCUT2D eigenvalue weighted by atomic mass is 10.2. The van der Waals surface area contributed by atoms with Crippen LogP contribution in [0.25, 0.3) is 0 Å². The molecule has 2 aromatic heterocycles. The minimum absolute atomic E-state index is 0.330. The van der Waals surface area contributed by atoms with Crippen LogP contribution in [0.1, 0.15) is 11.4 Å². The Morgan fingerprint density at radius 2 is 2.20 bits per heavy atom. The average Bonchev–Trinajstić information content (AvgIpc) is 3.18. The molecule has 100 valence electrons. The molecule has 0 radical (unpaired) electrons. The summed E-state index contributed by atoms with van der Waals surface area (Å²) in [5.41, 5.74) is 1.02. The van der Waals surface area contributed by atoms with Crippen LogP contribution in [0, 0.1) is 0 Å². The lowest BCUT2D eigenvalue weighted by Crippen LogP contribution is -2.14. The molecule has 20 heavy (non-hydrogen) atoms. The predicted molar refractivity (Wildman–Crippen MR) is 69.7 cm³/mol. The number of benzene rings is 1. The summed E-state index contributed by atoms with van der Waals surface area (Å²) in [6.45, 7) is 0.358. The molecule has 2 heterocycles. The van der Waals surface area contributed by atoms with Gasteiger partial charge in [-0.15, -0.1) is 0 Å². The van der Waals surface area contributed by atoms with Crippen LogP contribution in [0.3, 0.4) is 0 Å². The molecule has 0 spiro atoms. The fourth-order valence-electron chi connectivity index (χ4n) is 1.60. The Kier molecular flexibility index (Phi) is 3.50. The summed E-state index contributed by atoms with van der Waals surface area (Å²) in [6, 6.07) is 9.75. The van der Waals surface area contributed by atoms with E-state index in [4.69, 9.17) is 9.36 Å². The van der Waals surface area contributed by atoms with E-state index in [1.54, 1.807) is 23.3 Å². The van der Waals surface area contributed by atoms with Gasteiger partial charge < -0.3 is 9.36 Å². The SMILES string of the molecule is c1ccc(CO/N=C(\c2ncon2)n2ccnc2)cc1. The number of oxime groups is 1. The van der Waals surface area contributed by atoms with Gasteiger partial charge in [-0.25, -0.2) is 4.98 Å². The summed E-state index contributed by atoms with van der Waals surface area (Å²) in [5, 5.41) is 7.81. The molecule has 1 aromatic carbocycles. The van der Waals surface area contributed by atoms with E-state index < -0.39 is 0 Å². The van der Waals surface area contributed by atoms with Crippen molar-refractivity contribution in [1.82, 2.24) is 19.7 Å². The maximum Gasteiger partial charge on any atom is 0.242 e. The van der Waals surface area contributed by atoms with E-state index in [1.165, 1.54) is 6.39 Å². The Hall–Kier alpha value is -2.96. The highest BCUT2D eigenvalue weighted by molar-refractivity contribution is 5.96. The molecule has 0 unspecified atom stereocenters. The third-order valence-corrected chi connectivity index (χ3v) is 2.54. The second kappa shape index (κ2) is 5.79. The molecule has 3 aromatic rings. The zero-order valence-corrected chi connectivity index (χ0v) is 10.5. The molecule has 0 saturated carbocycles. The molecule has 0 fully saturated rings. The summed E-state index contributed by atoms with van der Waals surface area (Å²) in [6.07, 6.45) is 6.17. The Morgan fingerprint density at radius 1 is 1.30 bits per heavy atom. The van der Waals surface area contributed by atoms with Gasteiger partial charge in [0.2, 0.25) is 18.1 Å². The van der Waals surface area contributed by atoms with E-state index in [0.717, 1.165) is 5.56 Å². The number of rotatable bonds is 4. The molecule has 7 heteroatoms. The van der Waals surface area contributed by atoms with Crippen molar-refractivity contribution in [2.24, 2.45) is 5.16 Å². The van der Waals surface area contributed by atoms with Gasteiger partial charge in [0.1, 0.15) is 12.9 Å². The molecule has 0 atom stereocenters. The summed E-state index contributed by atoms with van der Waals surface area (Å²) >= 11 is 0. The van der Waals surface area contributed by atoms with Crippen LogP contribution in [0.5, 0.6) is 0 Å². The number of imidazole rings is 1. The Balaban J connectivity index is 1.78. The smallest absolute Gasteiger partial charge is 0.242 e. The lowest BCUT2D eigenvalue weighted by Gasteiger charge is -2.03. The molecule has 0 saturated heterocycles. The Morgan fingerprint density at radius 3 is 2.90 bits per heavy atom. The van der Waals surface area contributed by atoms with Crippen LogP contribution in [0.2, 0.25) is 0 Å². The van der Waals surface area contributed by atoms with E-state index in [2.05, 4.69) is 20.3 Å². The lowest BCUT2D eigenvalue weighted by molar-refractivity contribution is 0.129. The van der Waals surface area contributed by atoms with Gasteiger partial charge in [0, 0.05) is 12.4 Å². The maximum atomic E-state index is 5.35. The maximum absolute atomic E-state index is 5.35. The predicted octanol–water partition coefficient (Wildman–Crippen LogP) is 1.69. The highest BCUT2D eigenvalue weighted by Gasteiger charge is 2.12. The van der Waals surface area contributed by atoms with E-state index in [-0.39, 0.29) is 0 Å². The van der Waals surface area contributed by atoms with Crippen LogP contribution in [0.15, 0.2) is 65.1 Å². The third-order valence-electron chi connectivity index (χ3n) is 2.54. The number of nitrogens with zero attached hydrogens (tertiary/aromatic N) is 5. The van der Waals surface area contributed by atoms with E-state index >= 15 is 0 Å². The van der Waals surface area contributed by atoms with Crippen LogP contribution in [-0.4, -0.2) is 25.5 Å². The van der Waals surface area contributed by atoms with Gasteiger partial charge >= 0.3 is 0 Å². The molecular weight excluding hydrogens is 258 g/mol. The fraction of sp³-hybridized carbons (Fsp3) is 0.0769. The molecule has 0 aliphatic heterocycles. The van der Waals surface area contributed by atoms with Crippen molar-refractivity contribution in [3.05, 3.63) is 66.8 Å². The normalized spacial score (nSPS) is 11.5. The minimum Gasteiger partial charge on any atom is -0.389 e. The van der Waals surface area contributed by atoms with Crippen LogP contribution < -0.4 is 0 Å². The average molecular weight is 269 g/mol. The number of hydrogen-bond acceptors (Lipinski definition) is 6. The van der Waals surface area contributed by atoms with Crippen molar-refractivity contribution < 1.29 is 9.36 Å². The molecule has 0 N–H and O–H groups in total. The molecular formula is C13H11N5O2. The first-order valence-corrected chi connectivity index (χ1v) is 5.92. The molecule has 0 aliphatic rings. The summed E-state index contributed by atoms with van der Waals surface area (Å²) in [5.74, 6) is 0.739. The zero-order valence-electron chi connectivity index (χ0n) is 10.5. The third kappa shape index (κ3) is 2.72. The highest BCUT2D eigenvalue weighted by atomic mass is 16.6. The second-order valence-corrected chi connectivity index (χ2v) is 3.90. The second-order valence-electron chi connectivity index (χ2n) is 3.90. The van der Waals surface area contributed by atoms with Gasteiger partial charge in [-0.1, -0.05) is 40.6 Å². The molecule has 0 amide bonds. The van der Waals surface area contributed by atoms with Crippen LogP contribution in [-0.2, 0) is 11.4 Å². The summed E-state index contributed by atoms with van der Waals surface area (Å²) < 4.78 is 6.38. The van der Waals surface area contributed by atoms with Crippen molar-refractivity contribution in [2.45, 2.75) is 6.61 Å². The van der Waals surface area contributed by atoms with E-state index in [9.17, 15) is 0 Å². The summed E-state index contributed by atoms with van der Waals surface area (Å²) in [7, 11) is 0. The van der Waals surface area contributed by atoms with Gasteiger partial charge in [0.25, 0.3) is 0 Å². The van der Waals surface area contributed by atoms with Crippen molar-refractivity contribution in [3.63, 3.8) is 0 Å². The Bertz CT molecular complexity index is 626. The van der Waals surface area contributed by atoms with Crippen molar-refractivity contribution in [2.75, 3.05) is 0 Å². The minimum atomic E-state index is 0.330. The van der Waals surface area contributed by atoms with E-state index in [0.29, 0.717) is 18.3 Å². The fourth-order valence-corrected chi connectivity index (χ4v) is 1.60. The van der Waals surface area contributed by atoms with Gasteiger partial charge in [0.15, 0.2) is 0 Å².